The Kier molecular flexibility index (Phi) is 2.04. The lowest BCUT2D eigenvalue weighted by atomic mass is 10.3. The third kappa shape index (κ3) is 1.50. The van der Waals surface area contributed by atoms with Gasteiger partial charge in [0.05, 0.1) is 5.69 Å². The number of benzene rings is 1. The van der Waals surface area contributed by atoms with Crippen LogP contribution >= 0.6 is 0 Å². The minimum Gasteiger partial charge on any atom is -0.352 e. The van der Waals surface area contributed by atoms with Gasteiger partial charge in [0, 0.05) is 11.9 Å². The average molecular weight is 210 g/mol. The number of aromatic nitrogens is 3. The normalized spacial score (nSPS) is 10.5. The highest BCUT2D eigenvalue weighted by Crippen LogP contribution is 2.19. The van der Waals surface area contributed by atoms with Gasteiger partial charge in [-0.2, -0.15) is 5.10 Å². The number of hydrogen-bond donors (Lipinski definition) is 1. The fourth-order valence-corrected chi connectivity index (χ4v) is 1.62. The predicted molar refractivity (Wildman–Crippen MR) is 62.7 cm³/mol. The Balaban J connectivity index is 2.04. The Morgan fingerprint density at radius 2 is 1.88 bits per heavy atom. The smallest absolute Gasteiger partial charge is 0.178 e. The molecule has 78 valence electrons. The second kappa shape index (κ2) is 3.66. The highest BCUT2D eigenvalue weighted by Gasteiger charge is 2.02. The second-order valence-corrected chi connectivity index (χ2v) is 3.44. The van der Waals surface area contributed by atoms with Crippen LogP contribution < -0.4 is 5.32 Å². The Hall–Kier alpha value is -2.36. The number of hydrogen-bond acceptors (Lipinski definition) is 3. The summed E-state index contributed by atoms with van der Waals surface area (Å²) in [6.07, 6.45) is 3.42. The molecule has 3 rings (SSSR count). The number of nitrogens with zero attached hydrogens (tertiary/aromatic N) is 3. The molecule has 16 heavy (non-hydrogen) atoms. The molecule has 0 saturated heterocycles. The van der Waals surface area contributed by atoms with Crippen LogP contribution in [0.1, 0.15) is 0 Å². The zero-order valence-corrected chi connectivity index (χ0v) is 8.54. The van der Waals surface area contributed by atoms with Crippen LogP contribution in [0.25, 0.3) is 5.65 Å². The van der Waals surface area contributed by atoms with Crippen molar-refractivity contribution in [2.24, 2.45) is 0 Å². The summed E-state index contributed by atoms with van der Waals surface area (Å²) >= 11 is 0. The van der Waals surface area contributed by atoms with Gasteiger partial charge in [-0.15, -0.1) is 0 Å². The van der Waals surface area contributed by atoms with E-state index < -0.39 is 0 Å². The van der Waals surface area contributed by atoms with Crippen LogP contribution in [0.3, 0.4) is 0 Å². The van der Waals surface area contributed by atoms with E-state index in [4.69, 9.17) is 0 Å². The second-order valence-electron chi connectivity index (χ2n) is 3.44. The van der Waals surface area contributed by atoms with Crippen LogP contribution in [0.15, 0.2) is 55.0 Å². The molecule has 3 aromatic rings. The number of para-hydroxylation sites is 1. The molecule has 2 aromatic heterocycles. The van der Waals surface area contributed by atoms with Gasteiger partial charge < -0.3 is 5.32 Å². The van der Waals surface area contributed by atoms with Crippen LogP contribution in [-0.4, -0.2) is 14.6 Å². The van der Waals surface area contributed by atoms with E-state index in [-0.39, 0.29) is 0 Å². The fourth-order valence-electron chi connectivity index (χ4n) is 1.62. The number of nitrogens with one attached hydrogen (secondary N) is 1. The van der Waals surface area contributed by atoms with E-state index in [1.54, 1.807) is 10.8 Å². The van der Waals surface area contributed by atoms with Gasteiger partial charge in [0.15, 0.2) is 5.65 Å². The Morgan fingerprint density at radius 1 is 1.00 bits per heavy atom. The van der Waals surface area contributed by atoms with Crippen molar-refractivity contribution in [2.45, 2.75) is 0 Å². The van der Waals surface area contributed by atoms with Crippen LogP contribution in [0.5, 0.6) is 0 Å². The van der Waals surface area contributed by atoms with Gasteiger partial charge in [-0.25, -0.2) is 9.50 Å². The third-order valence-electron chi connectivity index (χ3n) is 2.36. The number of fused-ring (bicyclic) bond motifs is 1. The van der Waals surface area contributed by atoms with Gasteiger partial charge >= 0.3 is 0 Å². The molecule has 0 amide bonds. The maximum atomic E-state index is 4.20. The first-order chi connectivity index (χ1) is 7.93. The minimum atomic E-state index is 0.825. The summed E-state index contributed by atoms with van der Waals surface area (Å²) in [7, 11) is 0. The quantitative estimate of drug-likeness (QED) is 0.706. The van der Waals surface area contributed by atoms with E-state index in [2.05, 4.69) is 15.4 Å². The van der Waals surface area contributed by atoms with Gasteiger partial charge in [-0.3, -0.25) is 0 Å². The summed E-state index contributed by atoms with van der Waals surface area (Å²) in [5.41, 5.74) is 2.82. The van der Waals surface area contributed by atoms with Crippen molar-refractivity contribution in [1.82, 2.24) is 14.6 Å². The van der Waals surface area contributed by atoms with Crippen molar-refractivity contribution in [1.29, 1.82) is 0 Å². The van der Waals surface area contributed by atoms with Gasteiger partial charge in [-0.1, -0.05) is 18.2 Å². The standard InChI is InChI=1S/C12H10N4/c1-2-5-10(6-3-1)15-11-7-4-8-16-12(11)13-9-14-16/h1-9,15H. The molecule has 0 saturated carbocycles. The molecular formula is C12H10N4. The van der Waals surface area contributed by atoms with Crippen LogP contribution in [0.4, 0.5) is 11.4 Å². The van der Waals surface area contributed by atoms with E-state index in [9.17, 15) is 0 Å². The number of anilines is 2. The van der Waals surface area contributed by atoms with Crippen LogP contribution in [0, 0.1) is 0 Å². The summed E-state index contributed by atoms with van der Waals surface area (Å²) in [6, 6.07) is 13.9. The highest BCUT2D eigenvalue weighted by molar-refractivity contribution is 5.72. The molecule has 1 aromatic carbocycles. The molecule has 4 nitrogen and oxygen atoms in total. The topological polar surface area (TPSA) is 42.2 Å². The molecule has 2 heterocycles. The van der Waals surface area contributed by atoms with Crippen LogP contribution in [-0.2, 0) is 0 Å². The molecule has 0 aliphatic carbocycles. The first-order valence-corrected chi connectivity index (χ1v) is 5.04. The van der Waals surface area contributed by atoms with Crippen molar-refractivity contribution in [2.75, 3.05) is 5.32 Å². The maximum absolute atomic E-state index is 4.20. The summed E-state index contributed by atoms with van der Waals surface area (Å²) in [6.45, 7) is 0. The fraction of sp³-hybridized carbons (Fsp3) is 0. The van der Waals surface area contributed by atoms with Gasteiger partial charge in [0.25, 0.3) is 0 Å². The molecule has 0 spiro atoms. The molecule has 0 aliphatic heterocycles. The molecule has 0 radical (unpaired) electrons. The van der Waals surface area contributed by atoms with Crippen molar-refractivity contribution in [3.8, 4) is 0 Å². The van der Waals surface area contributed by atoms with Gasteiger partial charge in [0.2, 0.25) is 0 Å². The van der Waals surface area contributed by atoms with E-state index >= 15 is 0 Å². The van der Waals surface area contributed by atoms with Gasteiger partial charge in [-0.05, 0) is 24.3 Å². The zero-order chi connectivity index (χ0) is 10.8. The summed E-state index contributed by atoms with van der Waals surface area (Å²) in [5, 5.41) is 7.40. The zero-order valence-electron chi connectivity index (χ0n) is 8.54. The van der Waals surface area contributed by atoms with Crippen molar-refractivity contribution in [3.63, 3.8) is 0 Å². The summed E-state index contributed by atoms with van der Waals surface area (Å²) in [4.78, 5) is 4.20. The first-order valence-electron chi connectivity index (χ1n) is 5.04. The molecule has 0 fully saturated rings. The first kappa shape index (κ1) is 8.91. The van der Waals surface area contributed by atoms with E-state index in [1.165, 1.54) is 0 Å². The molecule has 1 N–H and O–H groups in total. The monoisotopic (exact) mass is 210 g/mol. The molecular weight excluding hydrogens is 200 g/mol. The largest absolute Gasteiger partial charge is 0.352 e. The Labute approximate surface area is 92.6 Å². The number of pyridine rings is 1. The van der Waals surface area contributed by atoms with E-state index in [0.717, 1.165) is 17.0 Å². The lowest BCUT2D eigenvalue weighted by molar-refractivity contribution is 0.962. The molecule has 4 heteroatoms. The predicted octanol–water partition coefficient (Wildman–Crippen LogP) is 2.47. The molecule has 0 unspecified atom stereocenters. The van der Waals surface area contributed by atoms with E-state index in [1.807, 2.05) is 48.7 Å². The minimum absolute atomic E-state index is 0.825. The molecule has 0 aliphatic rings. The summed E-state index contributed by atoms with van der Waals surface area (Å²) < 4.78 is 1.74. The Morgan fingerprint density at radius 3 is 2.75 bits per heavy atom. The number of rotatable bonds is 2. The average Bonchev–Trinajstić information content (AvgIpc) is 2.80. The third-order valence-corrected chi connectivity index (χ3v) is 2.36. The molecule has 0 bridgehead atoms. The van der Waals surface area contributed by atoms with Crippen molar-refractivity contribution in [3.05, 3.63) is 55.0 Å². The van der Waals surface area contributed by atoms with Crippen LogP contribution in [0.2, 0.25) is 0 Å². The lowest BCUT2D eigenvalue weighted by Crippen LogP contribution is -1.94. The highest BCUT2D eigenvalue weighted by atomic mass is 15.3. The summed E-state index contributed by atoms with van der Waals surface area (Å²) in [5.74, 6) is 0. The maximum Gasteiger partial charge on any atom is 0.178 e. The van der Waals surface area contributed by atoms with Crippen molar-refractivity contribution < 1.29 is 0 Å². The van der Waals surface area contributed by atoms with Gasteiger partial charge in [0.1, 0.15) is 6.33 Å². The SMILES string of the molecule is c1ccc(Nc2cccn3ncnc23)cc1. The lowest BCUT2D eigenvalue weighted by Gasteiger charge is -2.06. The van der Waals surface area contributed by atoms with Crippen molar-refractivity contribution >= 4 is 17.0 Å². The Bertz CT molecular complexity index is 600. The molecule has 0 atom stereocenters. The van der Waals surface area contributed by atoms with E-state index in [0.29, 0.717) is 0 Å².